The van der Waals surface area contributed by atoms with Gasteiger partial charge in [0.25, 0.3) is 0 Å². The van der Waals surface area contributed by atoms with Crippen LogP contribution in [0.25, 0.3) is 10.9 Å². The fourth-order valence-corrected chi connectivity index (χ4v) is 3.76. The molecule has 0 spiro atoms. The van der Waals surface area contributed by atoms with Gasteiger partial charge in [-0.25, -0.2) is 9.18 Å². The van der Waals surface area contributed by atoms with Crippen LogP contribution in [0.3, 0.4) is 0 Å². The number of rotatable bonds is 6. The molecule has 1 amide bonds. The standard InChI is InChI=1S/C22H23FN4O2/c23-16-11-9-15(10-12-16)13-24-20(28)14-27-19-8-4-3-7-18(19)21(26-22(27)29)25-17-5-1-2-6-17/h3-4,7-12,17H,1-2,5-6,13-14H2,(H,24,28)(H,25,26,29). The van der Waals surface area contributed by atoms with Crippen molar-refractivity contribution in [3.8, 4) is 0 Å². The Labute approximate surface area is 167 Å². The minimum absolute atomic E-state index is 0.128. The summed E-state index contributed by atoms with van der Waals surface area (Å²) in [5.41, 5.74) is 0.997. The highest BCUT2D eigenvalue weighted by molar-refractivity contribution is 5.90. The topological polar surface area (TPSA) is 76.0 Å². The second-order valence-electron chi connectivity index (χ2n) is 7.38. The molecule has 2 N–H and O–H groups in total. The maximum atomic E-state index is 13.0. The summed E-state index contributed by atoms with van der Waals surface area (Å²) in [6.45, 7) is 0.137. The minimum Gasteiger partial charge on any atom is -0.367 e. The number of aromatic nitrogens is 2. The van der Waals surface area contributed by atoms with Gasteiger partial charge in [-0.15, -0.1) is 0 Å². The third kappa shape index (κ3) is 4.45. The largest absolute Gasteiger partial charge is 0.367 e. The highest BCUT2D eigenvalue weighted by Crippen LogP contribution is 2.25. The second-order valence-corrected chi connectivity index (χ2v) is 7.38. The Bertz CT molecular complexity index is 1070. The first-order valence-corrected chi connectivity index (χ1v) is 9.87. The maximum Gasteiger partial charge on any atom is 0.350 e. The SMILES string of the molecule is O=C(Cn1c(=O)nc(NC2CCCC2)c2ccccc21)NCc1ccc(F)cc1. The van der Waals surface area contributed by atoms with Gasteiger partial charge in [0.15, 0.2) is 0 Å². The fraction of sp³-hybridized carbons (Fsp3) is 0.318. The molecule has 7 heteroatoms. The lowest BCUT2D eigenvalue weighted by atomic mass is 10.2. The van der Waals surface area contributed by atoms with E-state index in [0.717, 1.165) is 23.8 Å². The van der Waals surface area contributed by atoms with Crippen LogP contribution in [0.5, 0.6) is 0 Å². The summed E-state index contributed by atoms with van der Waals surface area (Å²) in [5.74, 6) is -0.0455. The van der Waals surface area contributed by atoms with E-state index in [0.29, 0.717) is 17.4 Å². The molecule has 1 aliphatic carbocycles. The van der Waals surface area contributed by atoms with Gasteiger partial charge in [-0.3, -0.25) is 9.36 Å². The smallest absolute Gasteiger partial charge is 0.350 e. The molecule has 1 saturated carbocycles. The fourth-order valence-electron chi connectivity index (χ4n) is 3.76. The van der Waals surface area contributed by atoms with E-state index in [1.165, 1.54) is 29.5 Å². The Balaban J connectivity index is 1.53. The van der Waals surface area contributed by atoms with Crippen molar-refractivity contribution in [2.75, 3.05) is 5.32 Å². The van der Waals surface area contributed by atoms with Gasteiger partial charge in [0, 0.05) is 18.0 Å². The van der Waals surface area contributed by atoms with Gasteiger partial charge in [-0.1, -0.05) is 37.1 Å². The molecule has 0 bridgehead atoms. The molecule has 4 rings (SSSR count). The number of nitrogens with one attached hydrogen (secondary N) is 2. The molecule has 150 valence electrons. The molecule has 1 aliphatic rings. The summed E-state index contributed by atoms with van der Waals surface area (Å²) < 4.78 is 14.4. The number of anilines is 1. The van der Waals surface area contributed by atoms with E-state index >= 15 is 0 Å². The van der Waals surface area contributed by atoms with Crippen molar-refractivity contribution in [3.05, 3.63) is 70.4 Å². The third-order valence-electron chi connectivity index (χ3n) is 5.29. The number of hydrogen-bond acceptors (Lipinski definition) is 4. The van der Waals surface area contributed by atoms with E-state index in [-0.39, 0.29) is 24.8 Å². The molecule has 0 unspecified atom stereocenters. The molecule has 1 heterocycles. The number of benzene rings is 2. The highest BCUT2D eigenvalue weighted by Gasteiger charge is 2.18. The number of amides is 1. The van der Waals surface area contributed by atoms with Gasteiger partial charge in [0.2, 0.25) is 5.91 Å². The lowest BCUT2D eigenvalue weighted by Gasteiger charge is -2.17. The third-order valence-corrected chi connectivity index (χ3v) is 5.29. The average molecular weight is 394 g/mol. The molecular formula is C22H23FN4O2. The number of hydrogen-bond donors (Lipinski definition) is 2. The Hall–Kier alpha value is -3.22. The van der Waals surface area contributed by atoms with Crippen molar-refractivity contribution in [2.24, 2.45) is 0 Å². The molecule has 1 fully saturated rings. The minimum atomic E-state index is -0.457. The van der Waals surface area contributed by atoms with Crippen molar-refractivity contribution in [1.29, 1.82) is 0 Å². The summed E-state index contributed by atoms with van der Waals surface area (Å²) in [7, 11) is 0. The lowest BCUT2D eigenvalue weighted by Crippen LogP contribution is -2.34. The molecule has 0 radical (unpaired) electrons. The van der Waals surface area contributed by atoms with Crippen molar-refractivity contribution in [2.45, 2.75) is 44.8 Å². The van der Waals surface area contributed by atoms with E-state index < -0.39 is 5.69 Å². The molecule has 0 saturated heterocycles. The molecule has 0 aliphatic heterocycles. The van der Waals surface area contributed by atoms with Crippen molar-refractivity contribution in [1.82, 2.24) is 14.9 Å². The Morgan fingerprint density at radius 3 is 2.59 bits per heavy atom. The van der Waals surface area contributed by atoms with Crippen LogP contribution in [0.4, 0.5) is 10.2 Å². The van der Waals surface area contributed by atoms with Gasteiger partial charge < -0.3 is 10.6 Å². The van der Waals surface area contributed by atoms with E-state index in [1.54, 1.807) is 12.1 Å². The molecular weight excluding hydrogens is 371 g/mol. The van der Waals surface area contributed by atoms with Crippen molar-refractivity contribution >= 4 is 22.6 Å². The van der Waals surface area contributed by atoms with Crippen LogP contribution in [0.1, 0.15) is 31.2 Å². The van der Waals surface area contributed by atoms with Gasteiger partial charge in [0.05, 0.1) is 5.52 Å². The monoisotopic (exact) mass is 394 g/mol. The Morgan fingerprint density at radius 1 is 1.10 bits per heavy atom. The molecule has 0 atom stereocenters. The summed E-state index contributed by atoms with van der Waals surface area (Å²) in [5, 5.41) is 6.99. The Morgan fingerprint density at radius 2 is 1.83 bits per heavy atom. The summed E-state index contributed by atoms with van der Waals surface area (Å²) in [6.07, 6.45) is 4.51. The zero-order valence-corrected chi connectivity index (χ0v) is 16.0. The molecule has 1 aromatic heterocycles. The number of para-hydroxylation sites is 1. The average Bonchev–Trinajstić information content (AvgIpc) is 3.23. The number of carbonyl (C=O) groups is 1. The van der Waals surface area contributed by atoms with Gasteiger partial charge >= 0.3 is 5.69 Å². The summed E-state index contributed by atoms with van der Waals surface area (Å²) in [4.78, 5) is 29.3. The molecule has 29 heavy (non-hydrogen) atoms. The van der Waals surface area contributed by atoms with Crippen molar-refractivity contribution < 1.29 is 9.18 Å². The van der Waals surface area contributed by atoms with Crippen LogP contribution in [0.15, 0.2) is 53.3 Å². The predicted octanol–water partition coefficient (Wildman–Crippen LogP) is 3.21. The zero-order chi connectivity index (χ0) is 20.2. The van der Waals surface area contributed by atoms with Crippen LogP contribution in [-0.4, -0.2) is 21.5 Å². The lowest BCUT2D eigenvalue weighted by molar-refractivity contribution is -0.121. The van der Waals surface area contributed by atoms with E-state index in [1.807, 2.05) is 24.3 Å². The molecule has 2 aromatic carbocycles. The number of nitrogens with zero attached hydrogens (tertiary/aromatic N) is 2. The number of carbonyl (C=O) groups excluding carboxylic acids is 1. The van der Waals surface area contributed by atoms with E-state index in [4.69, 9.17) is 0 Å². The van der Waals surface area contributed by atoms with Gasteiger partial charge in [-0.05, 0) is 42.7 Å². The second kappa shape index (κ2) is 8.43. The first-order valence-electron chi connectivity index (χ1n) is 9.87. The zero-order valence-electron chi connectivity index (χ0n) is 16.0. The normalized spacial score (nSPS) is 14.2. The van der Waals surface area contributed by atoms with Crippen LogP contribution in [-0.2, 0) is 17.9 Å². The van der Waals surface area contributed by atoms with Gasteiger partial charge in [-0.2, -0.15) is 4.98 Å². The molecule has 3 aromatic rings. The molecule has 6 nitrogen and oxygen atoms in total. The Kier molecular flexibility index (Phi) is 5.55. The predicted molar refractivity (Wildman–Crippen MR) is 110 cm³/mol. The highest BCUT2D eigenvalue weighted by atomic mass is 19.1. The van der Waals surface area contributed by atoms with E-state index in [2.05, 4.69) is 15.6 Å². The number of halogens is 1. The van der Waals surface area contributed by atoms with Crippen LogP contribution >= 0.6 is 0 Å². The maximum absolute atomic E-state index is 13.0. The van der Waals surface area contributed by atoms with Crippen LogP contribution < -0.4 is 16.3 Å². The van der Waals surface area contributed by atoms with E-state index in [9.17, 15) is 14.0 Å². The van der Waals surface area contributed by atoms with Crippen LogP contribution in [0.2, 0.25) is 0 Å². The van der Waals surface area contributed by atoms with Crippen LogP contribution in [0, 0.1) is 5.82 Å². The first kappa shape index (κ1) is 19.1. The first-order chi connectivity index (χ1) is 14.1. The van der Waals surface area contributed by atoms with Crippen molar-refractivity contribution in [3.63, 3.8) is 0 Å². The van der Waals surface area contributed by atoms with Gasteiger partial charge in [0.1, 0.15) is 18.2 Å². The summed E-state index contributed by atoms with van der Waals surface area (Å²) >= 11 is 0. The number of fused-ring (bicyclic) bond motifs is 1. The summed E-state index contributed by atoms with van der Waals surface area (Å²) in [6, 6.07) is 13.7. The quantitative estimate of drug-likeness (QED) is 0.673.